The lowest BCUT2D eigenvalue weighted by atomic mass is 10.0. The van der Waals surface area contributed by atoms with E-state index >= 15 is 0 Å². The normalized spacial score (nSPS) is 12.0. The first-order valence-corrected chi connectivity index (χ1v) is 14.2. The molecule has 182 valence electrons. The van der Waals surface area contributed by atoms with Gasteiger partial charge in [-0.3, -0.25) is 0 Å². The monoisotopic (exact) mass is 466 g/mol. The summed E-state index contributed by atoms with van der Waals surface area (Å²) in [6, 6.07) is 8.75. The number of aromatic nitrogens is 2. The van der Waals surface area contributed by atoms with Crippen LogP contribution < -0.4 is 0 Å². The zero-order chi connectivity index (χ0) is 23.7. The molecule has 0 saturated heterocycles. The molecule has 0 fully saturated rings. The molecule has 0 amide bonds. The Kier molecular flexibility index (Phi) is 14.2. The molecule has 3 heteroatoms. The Hall–Kier alpha value is -1.61. The molecular formula is C30H46N2S. The predicted molar refractivity (Wildman–Crippen MR) is 147 cm³/mol. The Morgan fingerprint density at radius 1 is 0.879 bits per heavy atom. The summed E-state index contributed by atoms with van der Waals surface area (Å²) in [5, 5.41) is 0. The van der Waals surface area contributed by atoms with Crippen LogP contribution in [0.3, 0.4) is 0 Å². The molecule has 2 nitrogen and oxygen atoms in total. The number of aryl methyl sites for hydroxylation is 1. The van der Waals surface area contributed by atoms with Crippen LogP contribution in [0.2, 0.25) is 0 Å². The van der Waals surface area contributed by atoms with Crippen LogP contribution in [-0.2, 0) is 6.42 Å². The number of thioether (sulfide) groups is 1. The van der Waals surface area contributed by atoms with Gasteiger partial charge in [0.25, 0.3) is 0 Å². The van der Waals surface area contributed by atoms with Crippen LogP contribution in [0, 0.1) is 5.92 Å². The highest BCUT2D eigenvalue weighted by Crippen LogP contribution is 2.25. The lowest BCUT2D eigenvalue weighted by Gasteiger charge is -2.10. The summed E-state index contributed by atoms with van der Waals surface area (Å²) in [5.41, 5.74) is 3.79. The lowest BCUT2D eigenvalue weighted by molar-refractivity contribution is 0.525. The van der Waals surface area contributed by atoms with E-state index in [1.807, 2.05) is 24.2 Å². The predicted octanol–water partition coefficient (Wildman–Crippen LogP) is 9.69. The summed E-state index contributed by atoms with van der Waals surface area (Å²) < 4.78 is 0. The number of hydrogen-bond donors (Lipinski definition) is 0. The van der Waals surface area contributed by atoms with E-state index in [0.717, 1.165) is 23.7 Å². The quantitative estimate of drug-likeness (QED) is 0.132. The average Bonchev–Trinajstić information content (AvgIpc) is 2.81. The average molecular weight is 467 g/mol. The summed E-state index contributed by atoms with van der Waals surface area (Å²) in [5.74, 6) is 2.79. The minimum Gasteiger partial charge on any atom is -0.236 e. The summed E-state index contributed by atoms with van der Waals surface area (Å²) in [4.78, 5) is 10.6. The second kappa shape index (κ2) is 16.9. The van der Waals surface area contributed by atoms with Crippen molar-refractivity contribution in [2.24, 2.45) is 5.92 Å². The van der Waals surface area contributed by atoms with Crippen molar-refractivity contribution in [2.75, 3.05) is 5.75 Å². The van der Waals surface area contributed by atoms with E-state index in [0.29, 0.717) is 0 Å². The summed E-state index contributed by atoms with van der Waals surface area (Å²) in [7, 11) is 0. The summed E-state index contributed by atoms with van der Waals surface area (Å²) in [6.45, 7) is 9.01. The van der Waals surface area contributed by atoms with Gasteiger partial charge in [-0.15, -0.1) is 11.8 Å². The van der Waals surface area contributed by atoms with Crippen LogP contribution in [0.4, 0.5) is 0 Å². The summed E-state index contributed by atoms with van der Waals surface area (Å²) in [6.07, 6.45) is 22.1. The minimum absolute atomic E-state index is 0.782. The second-order valence-electron chi connectivity index (χ2n) is 9.77. The zero-order valence-corrected chi connectivity index (χ0v) is 22.4. The van der Waals surface area contributed by atoms with E-state index in [-0.39, 0.29) is 0 Å². The third kappa shape index (κ3) is 12.4. The maximum atomic E-state index is 4.63. The number of rotatable bonds is 17. The van der Waals surface area contributed by atoms with Crippen molar-refractivity contribution in [3.05, 3.63) is 53.9 Å². The molecule has 2 aromatic rings. The van der Waals surface area contributed by atoms with E-state index in [9.17, 15) is 0 Å². The van der Waals surface area contributed by atoms with Crippen LogP contribution in [0.25, 0.3) is 11.4 Å². The Bertz CT molecular complexity index is 776. The van der Waals surface area contributed by atoms with Crippen LogP contribution in [-0.4, -0.2) is 15.7 Å². The van der Waals surface area contributed by atoms with Crippen LogP contribution >= 0.6 is 11.8 Å². The van der Waals surface area contributed by atoms with Gasteiger partial charge < -0.3 is 0 Å². The van der Waals surface area contributed by atoms with Crippen molar-refractivity contribution in [2.45, 2.75) is 110 Å². The fourth-order valence-corrected chi connectivity index (χ4v) is 5.06. The molecular weight excluding hydrogens is 420 g/mol. The third-order valence-electron chi connectivity index (χ3n) is 6.23. The van der Waals surface area contributed by atoms with Crippen molar-refractivity contribution in [3.8, 4) is 11.4 Å². The second-order valence-corrected chi connectivity index (χ2v) is 10.9. The molecule has 1 aromatic carbocycles. The molecule has 1 aromatic heterocycles. The van der Waals surface area contributed by atoms with E-state index in [1.165, 1.54) is 92.4 Å². The molecule has 33 heavy (non-hydrogen) atoms. The highest BCUT2D eigenvalue weighted by atomic mass is 32.2. The molecule has 0 bridgehead atoms. The molecule has 0 saturated carbocycles. The molecule has 0 radical (unpaired) electrons. The number of benzene rings is 1. The fraction of sp³-hybridized carbons (Fsp3) is 0.600. The molecule has 1 atom stereocenters. The number of unbranched alkanes of at least 4 members (excludes halogenated alkanes) is 7. The van der Waals surface area contributed by atoms with E-state index in [2.05, 4.69) is 68.0 Å². The van der Waals surface area contributed by atoms with E-state index < -0.39 is 0 Å². The van der Waals surface area contributed by atoms with Crippen molar-refractivity contribution in [3.63, 3.8) is 0 Å². The first-order valence-electron chi connectivity index (χ1n) is 13.3. The van der Waals surface area contributed by atoms with Gasteiger partial charge in [0.05, 0.1) is 0 Å². The largest absolute Gasteiger partial charge is 0.236 e. The van der Waals surface area contributed by atoms with Gasteiger partial charge in [0.1, 0.15) is 0 Å². The summed E-state index contributed by atoms with van der Waals surface area (Å²) >= 11 is 1.96. The Balaban J connectivity index is 1.66. The van der Waals surface area contributed by atoms with Crippen LogP contribution in [0.5, 0.6) is 0 Å². The maximum Gasteiger partial charge on any atom is 0.159 e. The highest BCUT2D eigenvalue weighted by Gasteiger charge is 2.05. The molecule has 0 N–H and O–H groups in total. The minimum atomic E-state index is 0.782. The first kappa shape index (κ1) is 27.6. The maximum absolute atomic E-state index is 4.63. The molecule has 0 spiro atoms. The Morgan fingerprint density at radius 3 is 2.15 bits per heavy atom. The first-order chi connectivity index (χ1) is 16.1. The SMILES string of the molecule is CCCCCCCCCCc1cnc(-c2ccc(SCCC(C)CCC=C(C)C)cc2)nc1. The fourth-order valence-electron chi connectivity index (χ4n) is 3.98. The van der Waals surface area contributed by atoms with Gasteiger partial charge in [-0.25, -0.2) is 9.97 Å². The van der Waals surface area contributed by atoms with Crippen LogP contribution in [0.15, 0.2) is 53.2 Å². The molecule has 0 aliphatic rings. The Morgan fingerprint density at radius 2 is 1.52 bits per heavy atom. The smallest absolute Gasteiger partial charge is 0.159 e. The van der Waals surface area contributed by atoms with Crippen molar-refractivity contribution in [1.82, 2.24) is 9.97 Å². The van der Waals surface area contributed by atoms with E-state index in [1.54, 1.807) is 0 Å². The Labute approximate surface area is 208 Å². The molecule has 1 unspecified atom stereocenters. The van der Waals surface area contributed by atoms with Gasteiger partial charge in [0.15, 0.2) is 5.82 Å². The van der Waals surface area contributed by atoms with E-state index in [4.69, 9.17) is 0 Å². The van der Waals surface area contributed by atoms with Gasteiger partial charge in [-0.2, -0.15) is 0 Å². The van der Waals surface area contributed by atoms with Crippen LogP contribution in [0.1, 0.15) is 104 Å². The number of nitrogens with zero attached hydrogens (tertiary/aromatic N) is 2. The topological polar surface area (TPSA) is 25.8 Å². The van der Waals surface area contributed by atoms with Crippen molar-refractivity contribution >= 4 is 11.8 Å². The van der Waals surface area contributed by atoms with Crippen molar-refractivity contribution < 1.29 is 0 Å². The van der Waals surface area contributed by atoms with Gasteiger partial charge in [-0.1, -0.05) is 82.6 Å². The molecule has 0 aliphatic carbocycles. The van der Waals surface area contributed by atoms with Gasteiger partial charge in [0, 0.05) is 22.9 Å². The lowest BCUT2D eigenvalue weighted by Crippen LogP contribution is -1.96. The van der Waals surface area contributed by atoms with Gasteiger partial charge >= 0.3 is 0 Å². The molecule has 0 aliphatic heterocycles. The van der Waals surface area contributed by atoms with Gasteiger partial charge in [-0.05, 0) is 75.3 Å². The standard InChI is InChI=1S/C30H46N2S/c1-5-6-7-8-9-10-11-12-16-27-23-31-30(32-24-27)28-17-19-29(20-18-28)33-22-21-26(4)15-13-14-25(2)3/h14,17-20,23-24,26H,5-13,15-16,21-22H2,1-4H3. The zero-order valence-electron chi connectivity index (χ0n) is 21.6. The third-order valence-corrected chi connectivity index (χ3v) is 7.27. The van der Waals surface area contributed by atoms with Crippen molar-refractivity contribution in [1.29, 1.82) is 0 Å². The molecule has 2 rings (SSSR count). The highest BCUT2D eigenvalue weighted by molar-refractivity contribution is 7.99. The molecule has 1 heterocycles. The number of hydrogen-bond acceptors (Lipinski definition) is 3. The number of allylic oxidation sites excluding steroid dienone is 2. The van der Waals surface area contributed by atoms with Gasteiger partial charge in [0.2, 0.25) is 0 Å².